The lowest BCUT2D eigenvalue weighted by molar-refractivity contribution is -0.140. The number of carbonyl (C=O) groups is 1. The highest BCUT2D eigenvalue weighted by Crippen LogP contribution is 2.34. The molecule has 1 aromatic rings. The number of allylic oxidation sites excluding steroid dienone is 3. The van der Waals surface area contributed by atoms with Crippen LogP contribution >= 0.6 is 0 Å². The first kappa shape index (κ1) is 36.4. The molecule has 1 saturated heterocycles. The van der Waals surface area contributed by atoms with E-state index in [2.05, 4.69) is 15.0 Å². The highest BCUT2D eigenvalue weighted by Gasteiger charge is 2.36. The lowest BCUT2D eigenvalue weighted by atomic mass is 9.98. The van der Waals surface area contributed by atoms with Gasteiger partial charge >= 0.3 is 6.18 Å². The van der Waals surface area contributed by atoms with Crippen LogP contribution in [-0.4, -0.2) is 81.2 Å². The molecule has 0 saturated carbocycles. The largest absolute Gasteiger partial charge is 0.435 e. The van der Waals surface area contributed by atoms with Crippen LogP contribution in [0, 0.1) is 12.8 Å². The number of aromatic nitrogens is 1. The number of hydrogen-bond acceptors (Lipinski definition) is 5. The van der Waals surface area contributed by atoms with Crippen LogP contribution < -0.4 is 10.0 Å². The van der Waals surface area contributed by atoms with Gasteiger partial charge in [0.1, 0.15) is 12.0 Å². The second kappa shape index (κ2) is 16.3. The molecule has 43 heavy (non-hydrogen) atoms. The first-order chi connectivity index (χ1) is 20.2. The number of nitrogens with zero attached hydrogens (tertiary/aromatic N) is 4. The van der Waals surface area contributed by atoms with Gasteiger partial charge in [-0.25, -0.2) is 22.6 Å². The molecule has 0 bridgehead atoms. The third-order valence-electron chi connectivity index (χ3n) is 7.09. The molecule has 2 N–H and O–H groups in total. The Bertz CT molecular complexity index is 1210. The molecule has 1 fully saturated rings. The summed E-state index contributed by atoms with van der Waals surface area (Å²) >= 11 is -1.49. The number of alkyl halides is 4. The van der Waals surface area contributed by atoms with E-state index in [9.17, 15) is 26.6 Å². The second-order valence-corrected chi connectivity index (χ2v) is 11.8. The molecule has 0 spiro atoms. The van der Waals surface area contributed by atoms with Crippen LogP contribution in [0.4, 0.5) is 23.2 Å². The van der Waals surface area contributed by atoms with E-state index in [1.807, 2.05) is 50.8 Å². The van der Waals surface area contributed by atoms with Gasteiger partial charge in [-0.05, 0) is 57.9 Å². The number of hydrogen-bond donors (Lipinski definition) is 2. The molecular formula is C30H46F4N6O2S. The molecule has 0 aliphatic carbocycles. The van der Waals surface area contributed by atoms with Gasteiger partial charge in [0.25, 0.3) is 0 Å². The Morgan fingerprint density at radius 3 is 2.44 bits per heavy atom. The van der Waals surface area contributed by atoms with E-state index >= 15 is 0 Å². The maximum absolute atomic E-state index is 13.7. The van der Waals surface area contributed by atoms with Crippen molar-refractivity contribution in [2.45, 2.75) is 73.3 Å². The molecule has 8 nitrogen and oxygen atoms in total. The molecule has 3 rings (SSSR count). The smallest absolute Gasteiger partial charge is 0.377 e. The zero-order valence-electron chi connectivity index (χ0n) is 26.4. The Morgan fingerprint density at radius 1 is 1.21 bits per heavy atom. The van der Waals surface area contributed by atoms with E-state index in [1.54, 1.807) is 25.8 Å². The van der Waals surface area contributed by atoms with Crippen LogP contribution in [0.3, 0.4) is 0 Å². The van der Waals surface area contributed by atoms with Gasteiger partial charge in [0.15, 0.2) is 16.9 Å². The lowest BCUT2D eigenvalue weighted by Crippen LogP contribution is -2.53. The van der Waals surface area contributed by atoms with Crippen molar-refractivity contribution in [1.29, 1.82) is 0 Å². The van der Waals surface area contributed by atoms with Gasteiger partial charge in [-0.2, -0.15) is 13.2 Å². The molecule has 0 aromatic carbocycles. The molecule has 13 heteroatoms. The lowest BCUT2D eigenvalue weighted by Gasteiger charge is -2.35. The monoisotopic (exact) mass is 630 g/mol. The van der Waals surface area contributed by atoms with E-state index < -0.39 is 41.2 Å². The van der Waals surface area contributed by atoms with Crippen molar-refractivity contribution in [3.8, 4) is 0 Å². The topological polar surface area (TPSA) is 80.8 Å². The maximum Gasteiger partial charge on any atom is 0.435 e. The fraction of sp³-hybridized carbons (Fsp3) is 0.600. The number of nitrogens with one attached hydrogen (secondary N) is 2. The number of aryl methyl sites for hydroxylation is 1. The minimum atomic E-state index is -4.61. The van der Waals surface area contributed by atoms with Crippen molar-refractivity contribution < 1.29 is 26.6 Å². The average Bonchev–Trinajstić information content (AvgIpc) is 2.93. The number of rotatable bonds is 10. The van der Waals surface area contributed by atoms with Crippen LogP contribution in [0.5, 0.6) is 0 Å². The number of anilines is 1. The maximum atomic E-state index is 13.7. The molecule has 3 heterocycles. The minimum Gasteiger partial charge on any atom is -0.377 e. The summed E-state index contributed by atoms with van der Waals surface area (Å²) in [5.41, 5.74) is 0.869. The normalized spacial score (nSPS) is 23.7. The molecule has 2 unspecified atom stereocenters. The molecule has 0 radical (unpaired) electrons. The van der Waals surface area contributed by atoms with E-state index in [0.29, 0.717) is 31.9 Å². The average molecular weight is 631 g/mol. The number of likely N-dealkylation sites (N-methyl/N-ethyl adjacent to an activating group) is 1. The molecular weight excluding hydrogens is 584 g/mol. The zero-order valence-corrected chi connectivity index (χ0v) is 27.2. The summed E-state index contributed by atoms with van der Waals surface area (Å²) in [6.45, 7) is 14.5. The van der Waals surface area contributed by atoms with Gasteiger partial charge in [-0.3, -0.25) is 4.79 Å². The Labute approximate surface area is 256 Å². The summed E-state index contributed by atoms with van der Waals surface area (Å²) in [5.74, 6) is 0.0947. The number of carbonyl (C=O) groups excluding carboxylic acids is 1. The van der Waals surface area contributed by atoms with E-state index in [0.717, 1.165) is 11.1 Å². The van der Waals surface area contributed by atoms with Crippen LogP contribution in [0.15, 0.2) is 47.3 Å². The summed E-state index contributed by atoms with van der Waals surface area (Å²) in [7, 11) is 1.70. The molecule has 242 valence electrons. The zero-order chi connectivity index (χ0) is 32.5. The van der Waals surface area contributed by atoms with Crippen molar-refractivity contribution in [1.82, 2.24) is 23.8 Å². The highest BCUT2D eigenvalue weighted by atomic mass is 32.2. The first-order valence-corrected chi connectivity index (χ1v) is 15.8. The van der Waals surface area contributed by atoms with Crippen molar-refractivity contribution in [3.63, 3.8) is 0 Å². The van der Waals surface area contributed by atoms with Gasteiger partial charge in [-0.1, -0.05) is 38.5 Å². The summed E-state index contributed by atoms with van der Waals surface area (Å²) in [6.07, 6.45) is 0.444. The van der Waals surface area contributed by atoms with Gasteiger partial charge < -0.3 is 15.1 Å². The van der Waals surface area contributed by atoms with Crippen LogP contribution in [-0.2, 0) is 22.1 Å². The van der Waals surface area contributed by atoms with Crippen molar-refractivity contribution in [2.24, 2.45) is 5.92 Å². The summed E-state index contributed by atoms with van der Waals surface area (Å²) < 4.78 is 71.0. The molecule has 2 aliphatic heterocycles. The fourth-order valence-corrected chi connectivity index (χ4v) is 5.85. The quantitative estimate of drug-likeness (QED) is 0.330. The standard InChI is InChI=1S/C28H40F4N6O2S.C2H6/c1-7-37(13-12-33-41(40)38-16-23(29)17-38)25-11-9-22(15-18(2)14-19(3)27(39)36(25)6)21(5)35-24-10-8-20(4)34-26(24)28(30,31)32;1-2/h8,10-11,14-15,19,21,23,33,35H,7,9,12-13,16-17H2,1-6H3;1-2H3/b18-14-,22-15+,25-11+;/t19?,21-,41?;/m1./s1. The Morgan fingerprint density at radius 2 is 1.86 bits per heavy atom. The molecule has 3 atom stereocenters. The number of pyridine rings is 1. The van der Waals surface area contributed by atoms with Crippen molar-refractivity contribution >= 4 is 22.8 Å². The number of halogens is 4. The first-order valence-electron chi connectivity index (χ1n) is 14.7. The molecule has 1 aromatic heterocycles. The second-order valence-electron chi connectivity index (χ2n) is 10.5. The van der Waals surface area contributed by atoms with Gasteiger partial charge in [0.2, 0.25) is 5.91 Å². The van der Waals surface area contributed by atoms with Crippen LogP contribution in [0.1, 0.15) is 59.4 Å². The van der Waals surface area contributed by atoms with Gasteiger partial charge in [-0.15, -0.1) is 0 Å². The minimum absolute atomic E-state index is 0.101. The Balaban J connectivity index is 0.00000316. The third-order valence-corrected chi connectivity index (χ3v) is 8.31. The van der Waals surface area contributed by atoms with E-state index in [4.69, 9.17) is 0 Å². The highest BCUT2D eigenvalue weighted by molar-refractivity contribution is 7.80. The van der Waals surface area contributed by atoms with Gasteiger partial charge in [0, 0.05) is 51.5 Å². The Kier molecular flexibility index (Phi) is 13.8. The van der Waals surface area contributed by atoms with Crippen LogP contribution in [0.2, 0.25) is 0 Å². The van der Waals surface area contributed by atoms with Crippen molar-refractivity contribution in [3.05, 3.63) is 58.7 Å². The SMILES string of the molecule is CC.CCN(CCNS(=O)N1CC(F)C1)/C1=C/C/C([C@@H](C)Nc2ccc(C)nc2C(F)(F)F)=C\C(C)=C/C(C)C(=O)N1C. The molecule has 1 amide bonds. The fourth-order valence-electron chi connectivity index (χ4n) is 4.81. The van der Waals surface area contributed by atoms with Crippen LogP contribution in [0.25, 0.3) is 0 Å². The van der Waals surface area contributed by atoms with E-state index in [1.165, 1.54) is 23.4 Å². The van der Waals surface area contributed by atoms with Gasteiger partial charge in [0.05, 0.1) is 11.6 Å². The van der Waals surface area contributed by atoms with Crippen molar-refractivity contribution in [2.75, 3.05) is 45.1 Å². The Hall–Kier alpha value is -2.77. The molecule has 2 aliphatic rings. The predicted octanol–water partition coefficient (Wildman–Crippen LogP) is 5.59. The summed E-state index contributed by atoms with van der Waals surface area (Å²) in [6, 6.07) is 2.45. The third kappa shape index (κ3) is 10.1. The summed E-state index contributed by atoms with van der Waals surface area (Å²) in [5, 5.41) is 3.00. The predicted molar refractivity (Wildman–Crippen MR) is 165 cm³/mol. The summed E-state index contributed by atoms with van der Waals surface area (Å²) in [4.78, 5) is 20.6. The van der Waals surface area contributed by atoms with E-state index in [-0.39, 0.29) is 30.4 Å². The number of amides is 1.